The Kier molecular flexibility index (Phi) is 5.28. The summed E-state index contributed by atoms with van der Waals surface area (Å²) in [5.41, 5.74) is -0.396. The van der Waals surface area contributed by atoms with Gasteiger partial charge < -0.3 is 10.2 Å². The lowest BCUT2D eigenvalue weighted by molar-refractivity contribution is 0.150. The van der Waals surface area contributed by atoms with Gasteiger partial charge in [0.05, 0.1) is 19.0 Å². The van der Waals surface area contributed by atoms with Crippen LogP contribution in [0.4, 0.5) is 0 Å². The first-order chi connectivity index (χ1) is 7.23. The third-order valence-corrected chi connectivity index (χ3v) is 77.3. The van der Waals surface area contributed by atoms with Gasteiger partial charge in [-0.2, -0.15) is 0 Å². The smallest absolute Gasteiger partial charge is 0.0733 e. The van der Waals surface area contributed by atoms with E-state index in [0.29, 0.717) is 0 Å². The third kappa shape index (κ3) is 2.87. The highest BCUT2D eigenvalue weighted by Gasteiger charge is 2.65. The molecule has 0 rings (SSSR count). The molecule has 0 aromatic carbocycles. The van der Waals surface area contributed by atoms with Crippen molar-refractivity contribution in [2.45, 2.75) is 64.7 Å². The molecule has 0 aromatic heterocycles. The summed E-state index contributed by atoms with van der Waals surface area (Å²) < 4.78 is 0. The Balaban J connectivity index is 6.13. The van der Waals surface area contributed by atoms with E-state index >= 15 is 0 Å². The summed E-state index contributed by atoms with van der Waals surface area (Å²) in [6.45, 7) is 20.0. The maximum atomic E-state index is 10.7. The van der Waals surface area contributed by atoms with Gasteiger partial charge in [-0.25, -0.2) is 0 Å². The average Bonchev–Trinajstić information content (AvgIpc) is 1.95. The van der Waals surface area contributed by atoms with Crippen LogP contribution in [0.15, 0.2) is 0 Å². The lowest BCUT2D eigenvalue weighted by Gasteiger charge is -2.59. The Morgan fingerprint density at radius 2 is 0.941 bits per heavy atom. The topological polar surface area (TPSA) is 40.5 Å². The molecule has 0 aliphatic carbocycles. The summed E-state index contributed by atoms with van der Waals surface area (Å²) in [5, 5.41) is 20.3. The highest BCUT2D eigenvalue weighted by molar-refractivity contribution is 7.89. The molecule has 104 valence electrons. The Labute approximate surface area is 111 Å². The molecule has 6 heteroatoms. The van der Waals surface area contributed by atoms with Crippen molar-refractivity contribution >= 4 is 29.4 Å². The zero-order chi connectivity index (χ0) is 14.3. The largest absolute Gasteiger partial charge is 0.395 e. The number of aliphatic hydroxyl groups is 2. The van der Waals surface area contributed by atoms with Crippen molar-refractivity contribution in [2.24, 2.45) is 0 Å². The van der Waals surface area contributed by atoms with E-state index in [1.54, 1.807) is 0 Å². The standard InChI is InChI=1S/C11H32O2Si4/c1-14(2,3)17(11(13)10-12,15(4,5)6)16(7,8)9/h11-13H,10H2,1-9H3. The van der Waals surface area contributed by atoms with Crippen LogP contribution in [0.2, 0.25) is 58.9 Å². The average molecular weight is 309 g/mol. The van der Waals surface area contributed by atoms with Crippen LogP contribution in [0.5, 0.6) is 0 Å². The van der Waals surface area contributed by atoms with Gasteiger partial charge in [0, 0.05) is 22.8 Å². The van der Waals surface area contributed by atoms with Gasteiger partial charge in [-0.15, -0.1) is 0 Å². The van der Waals surface area contributed by atoms with Crippen molar-refractivity contribution in [1.29, 1.82) is 0 Å². The molecule has 0 aliphatic heterocycles. The van der Waals surface area contributed by atoms with Gasteiger partial charge in [0.25, 0.3) is 0 Å². The van der Waals surface area contributed by atoms with E-state index in [2.05, 4.69) is 58.9 Å². The van der Waals surface area contributed by atoms with Crippen molar-refractivity contribution < 1.29 is 10.2 Å². The van der Waals surface area contributed by atoms with Gasteiger partial charge >= 0.3 is 0 Å². The van der Waals surface area contributed by atoms with Gasteiger partial charge in [0.1, 0.15) is 0 Å². The van der Waals surface area contributed by atoms with Crippen LogP contribution < -0.4 is 0 Å². The number of hydrogen-bond donors (Lipinski definition) is 2. The monoisotopic (exact) mass is 308 g/mol. The molecule has 1 atom stereocenters. The van der Waals surface area contributed by atoms with Crippen LogP contribution in [0.25, 0.3) is 0 Å². The molecule has 17 heavy (non-hydrogen) atoms. The van der Waals surface area contributed by atoms with E-state index < -0.39 is 35.1 Å². The molecule has 0 amide bonds. The van der Waals surface area contributed by atoms with Crippen LogP contribution in [0.3, 0.4) is 0 Å². The normalized spacial score (nSPS) is 17.1. The van der Waals surface area contributed by atoms with E-state index in [0.717, 1.165) is 0 Å². The van der Waals surface area contributed by atoms with Gasteiger partial charge in [-0.3, -0.25) is 0 Å². The first kappa shape index (κ1) is 17.8. The van der Waals surface area contributed by atoms with Crippen LogP contribution in [0, 0.1) is 0 Å². The predicted molar refractivity (Wildman–Crippen MR) is 88.9 cm³/mol. The minimum Gasteiger partial charge on any atom is -0.395 e. The molecule has 1 unspecified atom stereocenters. The fourth-order valence-electron chi connectivity index (χ4n) is 5.01. The second-order valence-corrected chi connectivity index (χ2v) is 49.1. The van der Waals surface area contributed by atoms with E-state index in [-0.39, 0.29) is 6.61 Å². The maximum absolute atomic E-state index is 10.7. The van der Waals surface area contributed by atoms with Crippen molar-refractivity contribution in [1.82, 2.24) is 0 Å². The Bertz CT molecular complexity index is 224. The molecule has 2 nitrogen and oxygen atoms in total. The molecule has 0 aromatic rings. The van der Waals surface area contributed by atoms with Crippen molar-refractivity contribution in [3.8, 4) is 0 Å². The summed E-state index contributed by atoms with van der Waals surface area (Å²) in [6, 6.07) is 0. The summed E-state index contributed by atoms with van der Waals surface area (Å²) >= 11 is 0. The van der Waals surface area contributed by atoms with Crippen LogP contribution in [-0.2, 0) is 0 Å². The molecular weight excluding hydrogens is 276 g/mol. The molecule has 0 aliphatic rings. The van der Waals surface area contributed by atoms with Crippen LogP contribution in [-0.4, -0.2) is 51.9 Å². The van der Waals surface area contributed by atoms with Gasteiger partial charge in [0.15, 0.2) is 0 Å². The fourth-order valence-corrected chi connectivity index (χ4v) is 106. The second-order valence-electron chi connectivity index (χ2n) is 8.26. The minimum atomic E-state index is -1.78. The molecule has 0 spiro atoms. The van der Waals surface area contributed by atoms with Crippen molar-refractivity contribution in [2.75, 3.05) is 6.61 Å². The third-order valence-electron chi connectivity index (χ3n) is 4.22. The molecule has 0 radical (unpaired) electrons. The fraction of sp³-hybridized carbons (Fsp3) is 1.00. The molecule has 0 heterocycles. The van der Waals surface area contributed by atoms with Crippen molar-refractivity contribution in [3.63, 3.8) is 0 Å². The van der Waals surface area contributed by atoms with Crippen molar-refractivity contribution in [3.05, 3.63) is 0 Å². The van der Waals surface area contributed by atoms with E-state index in [9.17, 15) is 10.2 Å². The molecule has 0 bridgehead atoms. The second kappa shape index (κ2) is 5.05. The number of aliphatic hydroxyl groups excluding tert-OH is 2. The molecule has 0 saturated heterocycles. The molecule has 2 N–H and O–H groups in total. The SMILES string of the molecule is C[Si](C)(C)[Si](C(O)CO)([Si](C)(C)C)[Si](C)(C)C. The van der Waals surface area contributed by atoms with E-state index in [4.69, 9.17) is 0 Å². The van der Waals surface area contributed by atoms with Gasteiger partial charge in [0.2, 0.25) is 0 Å². The Morgan fingerprint density at radius 3 is 1.00 bits per heavy atom. The lowest BCUT2D eigenvalue weighted by atomic mass is 10.8. The zero-order valence-electron chi connectivity index (χ0n) is 13.2. The minimum absolute atomic E-state index is 0.0228. The summed E-state index contributed by atoms with van der Waals surface area (Å²) in [6.07, 6.45) is 0. The number of hydrogen-bond acceptors (Lipinski definition) is 2. The molecular formula is C11H32O2Si4. The lowest BCUT2D eigenvalue weighted by Crippen LogP contribution is -2.88. The summed E-state index contributed by atoms with van der Waals surface area (Å²) in [4.78, 5) is 0. The van der Waals surface area contributed by atoms with Gasteiger partial charge in [-0.05, 0) is 0 Å². The first-order valence-corrected chi connectivity index (χ1v) is 22.1. The number of rotatable bonds is 5. The van der Waals surface area contributed by atoms with E-state index in [1.807, 2.05) is 0 Å². The zero-order valence-corrected chi connectivity index (χ0v) is 17.2. The predicted octanol–water partition coefficient (Wildman–Crippen LogP) is 2.58. The Hall–Kier alpha value is 0.788. The Morgan fingerprint density at radius 1 is 0.706 bits per heavy atom. The van der Waals surface area contributed by atoms with Crippen LogP contribution >= 0.6 is 0 Å². The quantitative estimate of drug-likeness (QED) is 0.766. The van der Waals surface area contributed by atoms with E-state index in [1.165, 1.54) is 0 Å². The first-order valence-electron chi connectivity index (χ1n) is 6.52. The summed E-state index contributed by atoms with van der Waals surface area (Å²) in [5.74, 6) is 0. The van der Waals surface area contributed by atoms with Gasteiger partial charge in [-0.1, -0.05) is 58.9 Å². The highest BCUT2D eigenvalue weighted by atomic mass is 29.9. The molecule has 0 saturated carbocycles. The van der Waals surface area contributed by atoms with Crippen LogP contribution in [0.1, 0.15) is 0 Å². The maximum Gasteiger partial charge on any atom is 0.0733 e. The highest BCUT2D eigenvalue weighted by Crippen LogP contribution is 2.39. The molecule has 0 fully saturated rings. The summed E-state index contributed by atoms with van der Waals surface area (Å²) in [7, 11) is -4.32.